The number of aliphatic imine (C=N–C) groups is 1. The van der Waals surface area contributed by atoms with E-state index in [0.717, 1.165) is 24.6 Å². The van der Waals surface area contributed by atoms with Gasteiger partial charge in [-0.2, -0.15) is 0 Å². The Balaban J connectivity index is 0.000000230. The molecular formula is C46H63ClN4O. The zero-order valence-corrected chi connectivity index (χ0v) is 33.5. The Bertz CT molecular complexity index is 1620. The van der Waals surface area contributed by atoms with Crippen LogP contribution in [0.15, 0.2) is 89.9 Å². The highest BCUT2D eigenvalue weighted by Crippen LogP contribution is 2.30. The van der Waals surface area contributed by atoms with E-state index in [2.05, 4.69) is 106 Å². The van der Waals surface area contributed by atoms with Crippen LogP contribution in [0.3, 0.4) is 0 Å². The Morgan fingerprint density at radius 1 is 0.731 bits per heavy atom. The van der Waals surface area contributed by atoms with Gasteiger partial charge in [0.1, 0.15) is 5.84 Å². The third-order valence-corrected chi connectivity index (χ3v) is 9.59. The summed E-state index contributed by atoms with van der Waals surface area (Å²) in [6.45, 7) is 15.6. The maximum Gasteiger partial charge on any atom is 0.251 e. The molecule has 0 saturated carbocycles. The molecule has 6 heteroatoms. The van der Waals surface area contributed by atoms with Crippen molar-refractivity contribution in [3.05, 3.63) is 129 Å². The van der Waals surface area contributed by atoms with Gasteiger partial charge in [0.05, 0.1) is 6.54 Å². The molecule has 0 radical (unpaired) electrons. The highest BCUT2D eigenvalue weighted by Gasteiger charge is 2.23. The van der Waals surface area contributed by atoms with E-state index in [4.69, 9.17) is 22.3 Å². The molecule has 0 bridgehead atoms. The standard InChI is InChI=1S/C23H30N2.C14H23N.C9H10ClNO/c1-4-5-6-8-11-20-16-18(2)22(19(3)17-20)25-15-14-24-23(25)21-12-9-7-10-13-21;1-4-5-6-7-8-13-9-11(2)14(15)12(3)10-13;10-6-7-11-9(12)8-4-2-1-3-5-8/h7,9-10,12-13,16-17H,4-6,8,11,14-15H2,1-3H3;9-10H,4-8,15H2,1-3H3;1-5H,6-7H2,(H,11,12). The second-order valence-electron chi connectivity index (χ2n) is 13.9. The van der Waals surface area contributed by atoms with Crippen molar-refractivity contribution in [2.24, 2.45) is 4.99 Å². The minimum atomic E-state index is -0.0729. The fourth-order valence-corrected chi connectivity index (χ4v) is 6.78. The van der Waals surface area contributed by atoms with Gasteiger partial charge in [-0.25, -0.2) is 0 Å². The predicted molar refractivity (Wildman–Crippen MR) is 227 cm³/mol. The predicted octanol–water partition coefficient (Wildman–Crippen LogP) is 11.4. The number of aryl methyl sites for hydroxylation is 6. The van der Waals surface area contributed by atoms with Crippen molar-refractivity contribution in [2.45, 2.75) is 106 Å². The first kappa shape index (κ1) is 42.3. The topological polar surface area (TPSA) is 70.7 Å². The zero-order chi connectivity index (χ0) is 37.7. The molecule has 52 heavy (non-hydrogen) atoms. The summed E-state index contributed by atoms with van der Waals surface area (Å²) in [5, 5.41) is 2.68. The number of rotatable bonds is 15. The summed E-state index contributed by atoms with van der Waals surface area (Å²) in [4.78, 5) is 18.4. The number of nitrogen functional groups attached to an aromatic ring is 1. The summed E-state index contributed by atoms with van der Waals surface area (Å²) in [6, 6.07) is 28.9. The van der Waals surface area contributed by atoms with Crippen molar-refractivity contribution >= 4 is 34.7 Å². The minimum Gasteiger partial charge on any atom is -0.398 e. The van der Waals surface area contributed by atoms with Crippen LogP contribution in [0.2, 0.25) is 0 Å². The maximum absolute atomic E-state index is 11.2. The summed E-state index contributed by atoms with van der Waals surface area (Å²) in [5.41, 5.74) is 18.2. The molecule has 4 aromatic carbocycles. The summed E-state index contributed by atoms with van der Waals surface area (Å²) < 4.78 is 0. The normalized spacial score (nSPS) is 12.0. The first-order valence-corrected chi connectivity index (χ1v) is 20.0. The fraction of sp³-hybridized carbons (Fsp3) is 0.435. The molecule has 4 aromatic rings. The lowest BCUT2D eigenvalue weighted by molar-refractivity contribution is 0.0956. The largest absolute Gasteiger partial charge is 0.398 e. The lowest BCUT2D eigenvalue weighted by atomic mass is 9.98. The van der Waals surface area contributed by atoms with E-state index < -0.39 is 0 Å². The van der Waals surface area contributed by atoms with Crippen LogP contribution in [0.1, 0.15) is 115 Å². The maximum atomic E-state index is 11.2. The van der Waals surface area contributed by atoms with Crippen molar-refractivity contribution in [2.75, 3.05) is 36.1 Å². The van der Waals surface area contributed by atoms with E-state index >= 15 is 0 Å². The van der Waals surface area contributed by atoms with Gasteiger partial charge in [-0.1, -0.05) is 125 Å². The van der Waals surface area contributed by atoms with E-state index in [1.807, 2.05) is 18.2 Å². The van der Waals surface area contributed by atoms with Crippen LogP contribution in [-0.4, -0.2) is 37.3 Å². The van der Waals surface area contributed by atoms with Gasteiger partial charge in [-0.3, -0.25) is 9.79 Å². The molecule has 0 aromatic heterocycles. The van der Waals surface area contributed by atoms with Crippen molar-refractivity contribution in [1.82, 2.24) is 5.32 Å². The number of carbonyl (C=O) groups is 1. The Labute approximate surface area is 320 Å². The van der Waals surface area contributed by atoms with E-state index in [-0.39, 0.29) is 5.91 Å². The summed E-state index contributed by atoms with van der Waals surface area (Å²) >= 11 is 5.42. The van der Waals surface area contributed by atoms with Crippen molar-refractivity contribution in [3.8, 4) is 0 Å². The van der Waals surface area contributed by atoms with Crippen LogP contribution in [0.5, 0.6) is 0 Å². The molecule has 0 fully saturated rings. The van der Waals surface area contributed by atoms with Crippen LogP contribution < -0.4 is 16.0 Å². The van der Waals surface area contributed by atoms with Crippen molar-refractivity contribution in [3.63, 3.8) is 0 Å². The monoisotopic (exact) mass is 722 g/mol. The number of amidine groups is 1. The van der Waals surface area contributed by atoms with Crippen LogP contribution in [0, 0.1) is 27.7 Å². The lowest BCUT2D eigenvalue weighted by Crippen LogP contribution is -2.29. The van der Waals surface area contributed by atoms with Gasteiger partial charge in [0.25, 0.3) is 5.91 Å². The highest BCUT2D eigenvalue weighted by atomic mass is 35.5. The number of carbonyl (C=O) groups excluding carboxylic acids is 1. The number of alkyl halides is 1. The van der Waals surface area contributed by atoms with E-state index in [1.165, 1.54) is 109 Å². The molecule has 1 aliphatic rings. The molecule has 5 nitrogen and oxygen atoms in total. The Kier molecular flexibility index (Phi) is 19.1. The van der Waals surface area contributed by atoms with Gasteiger partial charge in [0, 0.05) is 41.5 Å². The number of benzene rings is 4. The zero-order valence-electron chi connectivity index (χ0n) is 32.7. The number of anilines is 2. The second kappa shape index (κ2) is 23.5. The van der Waals surface area contributed by atoms with Crippen molar-refractivity contribution in [1.29, 1.82) is 0 Å². The van der Waals surface area contributed by atoms with Crippen LogP contribution in [-0.2, 0) is 12.8 Å². The number of hydrogen-bond acceptors (Lipinski definition) is 4. The quantitative estimate of drug-likeness (QED) is 0.0729. The molecule has 0 unspecified atom stereocenters. The molecule has 1 heterocycles. The van der Waals surface area contributed by atoms with E-state index in [9.17, 15) is 4.79 Å². The van der Waals surface area contributed by atoms with E-state index in [1.54, 1.807) is 12.1 Å². The van der Waals surface area contributed by atoms with Gasteiger partial charge < -0.3 is 16.0 Å². The molecule has 1 aliphatic heterocycles. The SMILES string of the molecule is CCCCCCc1cc(C)c(N)c(C)c1.CCCCCCc1cc(C)c(N2CCN=C2c2ccccc2)c(C)c1.O=C(NCCCl)c1ccccc1. The molecule has 1 amide bonds. The third-order valence-electron chi connectivity index (χ3n) is 9.40. The minimum absolute atomic E-state index is 0.0729. The molecule has 0 aliphatic carbocycles. The number of nitrogens with one attached hydrogen (secondary N) is 1. The van der Waals surface area contributed by atoms with E-state index in [0.29, 0.717) is 18.0 Å². The Morgan fingerprint density at radius 3 is 1.73 bits per heavy atom. The Hall–Kier alpha value is -4.09. The first-order chi connectivity index (χ1) is 25.2. The second-order valence-corrected chi connectivity index (χ2v) is 14.3. The molecule has 5 rings (SSSR count). The van der Waals surface area contributed by atoms with Gasteiger partial charge in [-0.15, -0.1) is 11.6 Å². The van der Waals surface area contributed by atoms with Gasteiger partial charge >= 0.3 is 0 Å². The smallest absolute Gasteiger partial charge is 0.251 e. The molecule has 0 atom stereocenters. The number of nitrogens with zero attached hydrogens (tertiary/aromatic N) is 2. The van der Waals surface area contributed by atoms with Crippen molar-refractivity contribution < 1.29 is 4.79 Å². The number of halogens is 1. The molecule has 280 valence electrons. The fourth-order valence-electron chi connectivity index (χ4n) is 6.69. The summed E-state index contributed by atoms with van der Waals surface area (Å²) in [7, 11) is 0. The van der Waals surface area contributed by atoms with Crippen LogP contribution in [0.4, 0.5) is 11.4 Å². The average molecular weight is 723 g/mol. The molecule has 3 N–H and O–H groups in total. The number of unbranched alkanes of at least 4 members (excludes halogenated alkanes) is 6. The summed E-state index contributed by atoms with van der Waals surface area (Å²) in [5.74, 6) is 1.48. The number of nitrogens with two attached hydrogens (primary N) is 1. The Morgan fingerprint density at radius 2 is 1.23 bits per heavy atom. The van der Waals surface area contributed by atoms with Gasteiger partial charge in [0.15, 0.2) is 0 Å². The summed E-state index contributed by atoms with van der Waals surface area (Å²) in [6.07, 6.45) is 13.0. The third kappa shape index (κ3) is 13.8. The molecule has 0 spiro atoms. The molecular weight excluding hydrogens is 660 g/mol. The van der Waals surface area contributed by atoms with Crippen LogP contribution >= 0.6 is 11.6 Å². The van der Waals surface area contributed by atoms with Gasteiger partial charge in [-0.05, 0) is 98.9 Å². The molecule has 0 saturated heterocycles. The number of hydrogen-bond donors (Lipinski definition) is 2. The highest BCUT2D eigenvalue weighted by molar-refractivity contribution is 6.18. The number of amides is 1. The first-order valence-electron chi connectivity index (χ1n) is 19.4. The van der Waals surface area contributed by atoms with Gasteiger partial charge in [0.2, 0.25) is 0 Å². The lowest BCUT2D eigenvalue weighted by Gasteiger charge is -2.25. The average Bonchev–Trinajstić information content (AvgIpc) is 3.63. The van der Waals surface area contributed by atoms with Crippen LogP contribution in [0.25, 0.3) is 0 Å².